The highest BCUT2D eigenvalue weighted by molar-refractivity contribution is 6.30. The van der Waals surface area contributed by atoms with Crippen molar-refractivity contribution < 1.29 is 0 Å². The van der Waals surface area contributed by atoms with E-state index < -0.39 is 0 Å². The molecule has 2 heteroatoms. The molecule has 0 bridgehead atoms. The van der Waals surface area contributed by atoms with Crippen molar-refractivity contribution in [2.75, 3.05) is 13.1 Å². The number of rotatable bonds is 6. The highest BCUT2D eigenvalue weighted by Gasteiger charge is 2.23. The second-order valence-electron chi connectivity index (χ2n) is 6.11. The maximum absolute atomic E-state index is 6.04. The van der Waals surface area contributed by atoms with Gasteiger partial charge in [0, 0.05) is 11.6 Å². The van der Waals surface area contributed by atoms with Gasteiger partial charge in [0.25, 0.3) is 0 Å². The predicted molar refractivity (Wildman–Crippen MR) is 88.5 cm³/mol. The van der Waals surface area contributed by atoms with Crippen LogP contribution in [0.5, 0.6) is 0 Å². The summed E-state index contributed by atoms with van der Waals surface area (Å²) >= 11 is 6.04. The molecule has 1 nitrogen and oxygen atoms in total. The summed E-state index contributed by atoms with van der Waals surface area (Å²) in [6, 6.07) is 8.54. The van der Waals surface area contributed by atoms with E-state index in [2.05, 4.69) is 24.4 Å². The molecule has 1 saturated carbocycles. The van der Waals surface area contributed by atoms with E-state index in [1.807, 2.05) is 12.1 Å². The zero-order valence-corrected chi connectivity index (χ0v) is 13.5. The minimum atomic E-state index is 0.650. The first kappa shape index (κ1) is 15.9. The maximum atomic E-state index is 6.04. The van der Waals surface area contributed by atoms with Gasteiger partial charge in [-0.3, -0.25) is 0 Å². The van der Waals surface area contributed by atoms with E-state index in [9.17, 15) is 0 Å². The lowest BCUT2D eigenvalue weighted by Gasteiger charge is -2.27. The minimum Gasteiger partial charge on any atom is -0.316 e. The van der Waals surface area contributed by atoms with Crippen LogP contribution in [0.3, 0.4) is 0 Å². The Hall–Kier alpha value is -0.530. The van der Waals surface area contributed by atoms with E-state index in [-0.39, 0.29) is 0 Å². The van der Waals surface area contributed by atoms with Crippen LogP contribution in [0.4, 0.5) is 0 Å². The van der Waals surface area contributed by atoms with Crippen molar-refractivity contribution in [1.82, 2.24) is 5.32 Å². The van der Waals surface area contributed by atoms with Crippen LogP contribution in [0, 0.1) is 5.92 Å². The molecule has 1 unspecified atom stereocenters. The fraction of sp³-hybridized carbons (Fsp3) is 0.667. The van der Waals surface area contributed by atoms with Crippen molar-refractivity contribution in [3.05, 3.63) is 34.9 Å². The third kappa shape index (κ3) is 4.79. The number of halogens is 1. The summed E-state index contributed by atoms with van der Waals surface area (Å²) in [5.41, 5.74) is 1.46. The fourth-order valence-corrected chi connectivity index (χ4v) is 3.54. The number of benzene rings is 1. The summed E-state index contributed by atoms with van der Waals surface area (Å²) in [6.07, 6.45) is 9.64. The van der Waals surface area contributed by atoms with Gasteiger partial charge >= 0.3 is 0 Å². The van der Waals surface area contributed by atoms with Gasteiger partial charge in [0.15, 0.2) is 0 Å². The van der Waals surface area contributed by atoms with Crippen molar-refractivity contribution in [2.24, 2.45) is 5.92 Å². The maximum Gasteiger partial charge on any atom is 0.0406 e. The Kier molecular flexibility index (Phi) is 6.89. The molecule has 1 aromatic rings. The van der Waals surface area contributed by atoms with E-state index in [1.54, 1.807) is 0 Å². The molecular formula is C18H28ClN. The largest absolute Gasteiger partial charge is 0.316 e. The summed E-state index contributed by atoms with van der Waals surface area (Å²) in [5, 5.41) is 4.48. The summed E-state index contributed by atoms with van der Waals surface area (Å²) < 4.78 is 0. The molecule has 20 heavy (non-hydrogen) atoms. The summed E-state index contributed by atoms with van der Waals surface area (Å²) in [4.78, 5) is 0. The first-order valence-corrected chi connectivity index (χ1v) is 8.65. The molecular weight excluding hydrogens is 266 g/mol. The van der Waals surface area contributed by atoms with Crippen molar-refractivity contribution in [3.8, 4) is 0 Å². The molecule has 0 spiro atoms. The van der Waals surface area contributed by atoms with Crippen LogP contribution in [-0.2, 0) is 0 Å². The molecule has 1 fully saturated rings. The van der Waals surface area contributed by atoms with Crippen LogP contribution in [0.2, 0.25) is 5.02 Å². The standard InChI is InChI=1S/C18H28ClN/c1-2-13-20-14-18(15-7-5-3-4-6-8-15)16-9-11-17(19)12-10-16/h9-12,15,18,20H,2-8,13-14H2,1H3. The minimum absolute atomic E-state index is 0.650. The molecule has 0 aromatic heterocycles. The van der Waals surface area contributed by atoms with Crippen molar-refractivity contribution >= 4 is 11.6 Å². The van der Waals surface area contributed by atoms with E-state index in [1.165, 1.54) is 50.5 Å². The van der Waals surface area contributed by atoms with Gasteiger partial charge in [-0.1, -0.05) is 56.3 Å². The van der Waals surface area contributed by atoms with Crippen molar-refractivity contribution in [2.45, 2.75) is 57.8 Å². The van der Waals surface area contributed by atoms with Crippen LogP contribution in [0.1, 0.15) is 63.4 Å². The second-order valence-corrected chi connectivity index (χ2v) is 6.55. The Labute approximate surface area is 129 Å². The lowest BCUT2D eigenvalue weighted by molar-refractivity contribution is 0.361. The lowest BCUT2D eigenvalue weighted by atomic mass is 9.81. The van der Waals surface area contributed by atoms with Crippen LogP contribution >= 0.6 is 11.6 Å². The molecule has 1 aliphatic rings. The Morgan fingerprint density at radius 3 is 2.35 bits per heavy atom. The van der Waals surface area contributed by atoms with Gasteiger partial charge in [0.05, 0.1) is 0 Å². The molecule has 112 valence electrons. The summed E-state index contributed by atoms with van der Waals surface area (Å²) in [5.74, 6) is 1.49. The first-order chi connectivity index (χ1) is 9.81. The van der Waals surface area contributed by atoms with E-state index >= 15 is 0 Å². The third-order valence-corrected chi connectivity index (χ3v) is 4.81. The van der Waals surface area contributed by atoms with Gasteiger partial charge in [0.2, 0.25) is 0 Å². The third-order valence-electron chi connectivity index (χ3n) is 4.56. The zero-order chi connectivity index (χ0) is 14.2. The van der Waals surface area contributed by atoms with Gasteiger partial charge in [-0.05, 0) is 55.3 Å². The molecule has 0 radical (unpaired) electrons. The Morgan fingerprint density at radius 1 is 1.10 bits per heavy atom. The predicted octanol–water partition coefficient (Wildman–Crippen LogP) is 5.39. The second kappa shape index (κ2) is 8.69. The molecule has 2 rings (SSSR count). The van der Waals surface area contributed by atoms with E-state index in [4.69, 9.17) is 11.6 Å². The molecule has 1 N–H and O–H groups in total. The quantitative estimate of drug-likeness (QED) is 0.547. The molecule has 0 heterocycles. The van der Waals surface area contributed by atoms with Crippen molar-refractivity contribution in [1.29, 1.82) is 0 Å². The zero-order valence-electron chi connectivity index (χ0n) is 12.7. The molecule has 1 aliphatic carbocycles. The van der Waals surface area contributed by atoms with Gasteiger partial charge < -0.3 is 5.32 Å². The Morgan fingerprint density at radius 2 is 1.75 bits per heavy atom. The highest BCUT2D eigenvalue weighted by Crippen LogP contribution is 2.35. The van der Waals surface area contributed by atoms with Gasteiger partial charge in [-0.2, -0.15) is 0 Å². The van der Waals surface area contributed by atoms with Gasteiger partial charge in [-0.15, -0.1) is 0 Å². The number of nitrogens with one attached hydrogen (secondary N) is 1. The SMILES string of the molecule is CCCNCC(c1ccc(Cl)cc1)C1CCCCCC1. The number of hydrogen-bond donors (Lipinski definition) is 1. The molecule has 0 saturated heterocycles. The smallest absolute Gasteiger partial charge is 0.0406 e. The molecule has 1 atom stereocenters. The summed E-state index contributed by atoms with van der Waals surface area (Å²) in [7, 11) is 0. The van der Waals surface area contributed by atoms with Crippen LogP contribution in [-0.4, -0.2) is 13.1 Å². The lowest BCUT2D eigenvalue weighted by Crippen LogP contribution is -2.27. The first-order valence-electron chi connectivity index (χ1n) is 8.27. The van der Waals surface area contributed by atoms with Crippen LogP contribution in [0.15, 0.2) is 24.3 Å². The topological polar surface area (TPSA) is 12.0 Å². The van der Waals surface area contributed by atoms with Gasteiger partial charge in [0.1, 0.15) is 0 Å². The van der Waals surface area contributed by atoms with E-state index in [0.717, 1.165) is 24.0 Å². The van der Waals surface area contributed by atoms with Crippen molar-refractivity contribution in [3.63, 3.8) is 0 Å². The monoisotopic (exact) mass is 293 g/mol. The fourth-order valence-electron chi connectivity index (χ4n) is 3.41. The molecule has 1 aromatic carbocycles. The van der Waals surface area contributed by atoms with Crippen LogP contribution < -0.4 is 5.32 Å². The van der Waals surface area contributed by atoms with Crippen LogP contribution in [0.25, 0.3) is 0 Å². The molecule has 0 aliphatic heterocycles. The van der Waals surface area contributed by atoms with Gasteiger partial charge in [-0.25, -0.2) is 0 Å². The number of hydrogen-bond acceptors (Lipinski definition) is 1. The van der Waals surface area contributed by atoms with E-state index in [0.29, 0.717) is 5.92 Å². The average molecular weight is 294 g/mol. The Bertz CT molecular complexity index is 366. The Balaban J connectivity index is 2.07. The summed E-state index contributed by atoms with van der Waals surface area (Å²) in [6.45, 7) is 4.47. The molecule has 0 amide bonds. The average Bonchev–Trinajstić information content (AvgIpc) is 2.74. The normalized spacial score (nSPS) is 18.7. The highest BCUT2D eigenvalue weighted by atomic mass is 35.5.